The molecule has 0 fully saturated rings. The van der Waals surface area contributed by atoms with Crippen LogP contribution in [0.5, 0.6) is 5.75 Å². The van der Waals surface area contributed by atoms with Crippen LogP contribution in [0.4, 0.5) is 0 Å². The lowest BCUT2D eigenvalue weighted by Gasteiger charge is -2.28. The normalized spacial score (nSPS) is 14.7. The second-order valence-corrected chi connectivity index (χ2v) is 5.01. The second kappa shape index (κ2) is 6.41. The lowest BCUT2D eigenvalue weighted by molar-refractivity contribution is -0.126. The molecule has 1 N–H and O–H groups in total. The summed E-state index contributed by atoms with van der Waals surface area (Å²) in [5.74, 6) is 0.344. The largest absolute Gasteiger partial charge is 0.508 e. The molecule has 1 heterocycles. The highest BCUT2D eigenvalue weighted by Crippen LogP contribution is 2.23. The number of unbranched alkanes of at least 4 members (excludes halogenated alkanes) is 2. The van der Waals surface area contributed by atoms with E-state index in [9.17, 15) is 9.90 Å². The van der Waals surface area contributed by atoms with Crippen molar-refractivity contribution in [1.82, 2.24) is 4.90 Å². The standard InChI is InChI=1S/C16H21NO2/c1-2-3-4-5-6-16(19)17-10-9-13-7-8-15(18)11-14(13)12-17/h5-8,11,18H,2-4,9-10,12H2,1H3. The molecular formula is C16H21NO2. The fraction of sp³-hybridized carbons (Fsp3) is 0.438. The SMILES string of the molecule is CCCCC=CC(=O)N1CCc2ccc(O)cc2C1. The maximum absolute atomic E-state index is 12.0. The summed E-state index contributed by atoms with van der Waals surface area (Å²) >= 11 is 0. The van der Waals surface area contributed by atoms with Crippen LogP contribution in [0.1, 0.15) is 37.3 Å². The van der Waals surface area contributed by atoms with Crippen LogP contribution < -0.4 is 0 Å². The number of hydrogen-bond acceptors (Lipinski definition) is 2. The number of rotatable bonds is 4. The average Bonchev–Trinajstić information content (AvgIpc) is 2.42. The summed E-state index contributed by atoms with van der Waals surface area (Å²) in [5, 5.41) is 9.50. The Morgan fingerprint density at radius 1 is 1.42 bits per heavy atom. The van der Waals surface area contributed by atoms with Gasteiger partial charge in [-0.1, -0.05) is 31.9 Å². The van der Waals surface area contributed by atoms with Gasteiger partial charge in [0.05, 0.1) is 0 Å². The molecule has 19 heavy (non-hydrogen) atoms. The van der Waals surface area contributed by atoms with Crippen molar-refractivity contribution >= 4 is 5.91 Å². The third kappa shape index (κ3) is 3.60. The van der Waals surface area contributed by atoms with Gasteiger partial charge in [0.2, 0.25) is 5.91 Å². The molecule has 1 aliphatic rings. The van der Waals surface area contributed by atoms with E-state index in [4.69, 9.17) is 0 Å². The summed E-state index contributed by atoms with van der Waals surface area (Å²) in [5.41, 5.74) is 2.29. The van der Waals surface area contributed by atoms with Crippen molar-refractivity contribution in [3.8, 4) is 5.75 Å². The lowest BCUT2D eigenvalue weighted by atomic mass is 9.99. The third-order valence-electron chi connectivity index (χ3n) is 3.50. The molecule has 1 aromatic carbocycles. The first-order valence-corrected chi connectivity index (χ1v) is 6.97. The number of nitrogens with zero attached hydrogens (tertiary/aromatic N) is 1. The summed E-state index contributed by atoms with van der Waals surface area (Å²) in [6.45, 7) is 3.50. The van der Waals surface area contributed by atoms with Crippen LogP contribution in [0, 0.1) is 0 Å². The maximum Gasteiger partial charge on any atom is 0.246 e. The molecule has 1 aromatic rings. The van der Waals surface area contributed by atoms with E-state index in [0.717, 1.165) is 37.8 Å². The first kappa shape index (κ1) is 13.7. The van der Waals surface area contributed by atoms with Gasteiger partial charge in [0.25, 0.3) is 0 Å². The fourth-order valence-corrected chi connectivity index (χ4v) is 2.34. The van der Waals surface area contributed by atoms with Gasteiger partial charge in [0, 0.05) is 13.1 Å². The Hall–Kier alpha value is -1.77. The summed E-state index contributed by atoms with van der Waals surface area (Å²) < 4.78 is 0. The van der Waals surface area contributed by atoms with Crippen LogP contribution in [0.3, 0.4) is 0 Å². The van der Waals surface area contributed by atoms with Crippen molar-refractivity contribution in [3.05, 3.63) is 41.5 Å². The van der Waals surface area contributed by atoms with Gasteiger partial charge in [-0.05, 0) is 42.2 Å². The Kier molecular flexibility index (Phi) is 4.61. The van der Waals surface area contributed by atoms with Crippen molar-refractivity contribution in [3.63, 3.8) is 0 Å². The molecule has 3 nitrogen and oxygen atoms in total. The minimum atomic E-state index is 0.0742. The highest BCUT2D eigenvalue weighted by molar-refractivity contribution is 5.87. The Morgan fingerprint density at radius 2 is 2.26 bits per heavy atom. The lowest BCUT2D eigenvalue weighted by Crippen LogP contribution is -2.34. The zero-order valence-corrected chi connectivity index (χ0v) is 11.4. The monoisotopic (exact) mass is 259 g/mol. The summed E-state index contributed by atoms with van der Waals surface area (Å²) in [6, 6.07) is 5.42. The van der Waals surface area contributed by atoms with Gasteiger partial charge in [0.15, 0.2) is 0 Å². The van der Waals surface area contributed by atoms with Crippen LogP contribution in [0.2, 0.25) is 0 Å². The Labute approximate surface area is 114 Å². The molecule has 0 aromatic heterocycles. The number of phenolic OH excluding ortho intramolecular Hbond substituents is 1. The molecule has 1 amide bonds. The first-order valence-electron chi connectivity index (χ1n) is 6.97. The third-order valence-corrected chi connectivity index (χ3v) is 3.50. The zero-order chi connectivity index (χ0) is 13.7. The van der Waals surface area contributed by atoms with Crippen LogP contribution in [0.15, 0.2) is 30.4 Å². The van der Waals surface area contributed by atoms with Crippen LogP contribution in [-0.2, 0) is 17.8 Å². The Balaban J connectivity index is 1.97. The number of phenols is 1. The summed E-state index contributed by atoms with van der Waals surface area (Å²) in [6.07, 6.45) is 7.75. The molecule has 3 heteroatoms. The van der Waals surface area contributed by atoms with E-state index >= 15 is 0 Å². The Bertz CT molecular complexity index is 480. The number of fused-ring (bicyclic) bond motifs is 1. The average molecular weight is 259 g/mol. The van der Waals surface area contributed by atoms with Gasteiger partial charge in [-0.3, -0.25) is 4.79 Å². The van der Waals surface area contributed by atoms with Crippen molar-refractivity contribution in [2.45, 2.75) is 39.2 Å². The molecule has 0 unspecified atom stereocenters. The van der Waals surface area contributed by atoms with Gasteiger partial charge in [-0.15, -0.1) is 0 Å². The fourth-order valence-electron chi connectivity index (χ4n) is 2.34. The minimum Gasteiger partial charge on any atom is -0.508 e. The van der Waals surface area contributed by atoms with Gasteiger partial charge < -0.3 is 10.0 Å². The summed E-state index contributed by atoms with van der Waals surface area (Å²) in [7, 11) is 0. The molecule has 0 atom stereocenters. The van der Waals surface area contributed by atoms with E-state index in [1.54, 1.807) is 18.2 Å². The minimum absolute atomic E-state index is 0.0742. The number of benzene rings is 1. The molecule has 102 valence electrons. The molecule has 0 saturated heterocycles. The second-order valence-electron chi connectivity index (χ2n) is 5.01. The topological polar surface area (TPSA) is 40.5 Å². The van der Waals surface area contributed by atoms with Crippen molar-refractivity contribution in [1.29, 1.82) is 0 Å². The van der Waals surface area contributed by atoms with Crippen molar-refractivity contribution in [2.75, 3.05) is 6.54 Å². The number of carbonyl (C=O) groups is 1. The molecule has 0 bridgehead atoms. The quantitative estimate of drug-likeness (QED) is 0.667. The van der Waals surface area contributed by atoms with Gasteiger partial charge in [-0.25, -0.2) is 0 Å². The van der Waals surface area contributed by atoms with Crippen molar-refractivity contribution in [2.24, 2.45) is 0 Å². The number of aromatic hydroxyl groups is 1. The van der Waals surface area contributed by atoms with Gasteiger partial charge in [0.1, 0.15) is 5.75 Å². The van der Waals surface area contributed by atoms with Crippen LogP contribution in [0.25, 0.3) is 0 Å². The molecule has 2 rings (SSSR count). The van der Waals surface area contributed by atoms with E-state index in [1.807, 2.05) is 17.0 Å². The maximum atomic E-state index is 12.0. The predicted octanol–water partition coefficient (Wildman–Crippen LogP) is 3.02. The van der Waals surface area contributed by atoms with E-state index in [-0.39, 0.29) is 11.7 Å². The summed E-state index contributed by atoms with van der Waals surface area (Å²) in [4.78, 5) is 13.9. The zero-order valence-electron chi connectivity index (χ0n) is 11.4. The predicted molar refractivity (Wildman–Crippen MR) is 75.9 cm³/mol. The molecule has 1 aliphatic heterocycles. The Morgan fingerprint density at radius 3 is 3.05 bits per heavy atom. The molecule has 0 spiro atoms. The first-order chi connectivity index (χ1) is 9.20. The van der Waals surface area contributed by atoms with Gasteiger partial charge in [-0.2, -0.15) is 0 Å². The van der Waals surface area contributed by atoms with E-state index in [1.165, 1.54) is 5.56 Å². The van der Waals surface area contributed by atoms with E-state index in [0.29, 0.717) is 6.54 Å². The van der Waals surface area contributed by atoms with Crippen LogP contribution in [-0.4, -0.2) is 22.5 Å². The van der Waals surface area contributed by atoms with Crippen molar-refractivity contribution < 1.29 is 9.90 Å². The molecule has 0 aliphatic carbocycles. The van der Waals surface area contributed by atoms with Crippen LogP contribution >= 0.6 is 0 Å². The highest BCUT2D eigenvalue weighted by atomic mass is 16.3. The molecule has 0 radical (unpaired) electrons. The van der Waals surface area contributed by atoms with E-state index in [2.05, 4.69) is 6.92 Å². The van der Waals surface area contributed by atoms with Gasteiger partial charge >= 0.3 is 0 Å². The molecule has 0 saturated carbocycles. The molecular weight excluding hydrogens is 238 g/mol. The number of carbonyl (C=O) groups excluding carboxylic acids is 1. The number of amides is 1. The van der Waals surface area contributed by atoms with E-state index < -0.39 is 0 Å². The number of allylic oxidation sites excluding steroid dienone is 1. The highest BCUT2D eigenvalue weighted by Gasteiger charge is 2.19. The number of hydrogen-bond donors (Lipinski definition) is 1. The smallest absolute Gasteiger partial charge is 0.246 e.